The number of benzene rings is 1. The molecule has 0 aliphatic heterocycles. The van der Waals surface area contributed by atoms with Crippen molar-refractivity contribution in [3.63, 3.8) is 0 Å². The van der Waals surface area contributed by atoms with E-state index >= 15 is 0 Å². The predicted octanol–water partition coefficient (Wildman–Crippen LogP) is 3.02. The van der Waals surface area contributed by atoms with Crippen LogP contribution in [0.2, 0.25) is 0 Å². The first-order valence-corrected chi connectivity index (χ1v) is 8.74. The minimum atomic E-state index is -0.561. The third kappa shape index (κ3) is 3.36. The van der Waals surface area contributed by atoms with Crippen molar-refractivity contribution in [3.05, 3.63) is 39.2 Å². The molecule has 3 rings (SSSR count). The number of methoxy groups -OCH3 is 1. The number of aryl methyl sites for hydroxylation is 2. The average Bonchev–Trinajstić information content (AvgIpc) is 2.63. The number of carbonyl (C=O) groups is 2. The Kier molecular flexibility index (Phi) is 5.11. The van der Waals surface area contributed by atoms with Crippen LogP contribution in [0.25, 0.3) is 11.0 Å². The maximum Gasteiger partial charge on any atom is 0.340 e. The second-order valence-electron chi connectivity index (χ2n) is 6.63. The highest BCUT2D eigenvalue weighted by Crippen LogP contribution is 2.31. The maximum atomic E-state index is 12.3. The molecule has 1 aromatic heterocycles. The van der Waals surface area contributed by atoms with Gasteiger partial charge in [-0.05, 0) is 50.8 Å². The first kappa shape index (κ1) is 18.2. The molecular formula is C20H22O6. The lowest BCUT2D eigenvalue weighted by atomic mass is 9.96. The zero-order chi connectivity index (χ0) is 18.8. The van der Waals surface area contributed by atoms with Crippen LogP contribution in [0.1, 0.15) is 42.4 Å². The molecule has 6 heteroatoms. The molecule has 6 nitrogen and oxygen atoms in total. The first-order valence-electron chi connectivity index (χ1n) is 8.74. The molecule has 0 bridgehead atoms. The van der Waals surface area contributed by atoms with E-state index in [1.54, 1.807) is 26.0 Å². The standard InChI is InChI=1S/C20H22O6/c1-11-13-8-9-16(25-17-7-5-4-6-15(17)21)12(2)19(13)26-20(23)14(11)10-18(22)24-3/h8-9,17H,4-7,10H2,1-3H3/t17-/m1/s1. The van der Waals surface area contributed by atoms with Gasteiger partial charge in [0.05, 0.1) is 19.1 Å². The highest BCUT2D eigenvalue weighted by atomic mass is 16.5. The number of carbonyl (C=O) groups excluding carboxylic acids is 2. The summed E-state index contributed by atoms with van der Waals surface area (Å²) in [5.41, 5.74) is 1.51. The molecular weight excluding hydrogens is 336 g/mol. The van der Waals surface area contributed by atoms with Crippen molar-refractivity contribution in [2.45, 2.75) is 52.1 Å². The van der Waals surface area contributed by atoms with E-state index in [1.807, 2.05) is 0 Å². The van der Waals surface area contributed by atoms with Crippen molar-refractivity contribution in [1.29, 1.82) is 0 Å². The zero-order valence-electron chi connectivity index (χ0n) is 15.2. The lowest BCUT2D eigenvalue weighted by Gasteiger charge is -2.23. The summed E-state index contributed by atoms with van der Waals surface area (Å²) < 4.78 is 16.0. The molecule has 2 aromatic rings. The number of fused-ring (bicyclic) bond motifs is 1. The number of ketones is 1. The second-order valence-corrected chi connectivity index (χ2v) is 6.63. The van der Waals surface area contributed by atoms with Crippen LogP contribution in [-0.4, -0.2) is 25.0 Å². The van der Waals surface area contributed by atoms with Gasteiger partial charge in [0.15, 0.2) is 11.9 Å². The molecule has 0 amide bonds. The second kappa shape index (κ2) is 7.32. The Morgan fingerprint density at radius 3 is 2.65 bits per heavy atom. The van der Waals surface area contributed by atoms with E-state index in [0.29, 0.717) is 40.9 Å². The molecule has 0 N–H and O–H groups in total. The summed E-state index contributed by atoms with van der Waals surface area (Å²) in [6.45, 7) is 3.58. The fourth-order valence-corrected chi connectivity index (χ4v) is 3.35. The van der Waals surface area contributed by atoms with Crippen molar-refractivity contribution in [2.24, 2.45) is 0 Å². The quantitative estimate of drug-likeness (QED) is 0.617. The number of ether oxygens (including phenoxy) is 2. The van der Waals surface area contributed by atoms with E-state index in [1.165, 1.54) is 7.11 Å². The van der Waals surface area contributed by atoms with E-state index < -0.39 is 17.7 Å². The Balaban J connectivity index is 2.01. The molecule has 1 aliphatic carbocycles. The van der Waals surface area contributed by atoms with Crippen molar-refractivity contribution < 1.29 is 23.5 Å². The third-order valence-corrected chi connectivity index (χ3v) is 4.97. The van der Waals surface area contributed by atoms with Gasteiger partial charge in [-0.15, -0.1) is 0 Å². The molecule has 1 aromatic carbocycles. The van der Waals surface area contributed by atoms with E-state index in [-0.39, 0.29) is 12.2 Å². The molecule has 26 heavy (non-hydrogen) atoms. The van der Waals surface area contributed by atoms with Gasteiger partial charge in [0.25, 0.3) is 0 Å². The van der Waals surface area contributed by atoms with Gasteiger partial charge in [0, 0.05) is 17.4 Å². The molecule has 1 atom stereocenters. The molecule has 0 spiro atoms. The largest absolute Gasteiger partial charge is 0.482 e. The predicted molar refractivity (Wildman–Crippen MR) is 95.6 cm³/mol. The van der Waals surface area contributed by atoms with Crippen molar-refractivity contribution in [2.75, 3.05) is 7.11 Å². The van der Waals surface area contributed by atoms with Gasteiger partial charge in [-0.25, -0.2) is 4.79 Å². The van der Waals surface area contributed by atoms with E-state index in [0.717, 1.165) is 18.2 Å². The number of Topliss-reactive ketones (excluding diaryl/α,β-unsaturated/α-hetero) is 1. The normalized spacial score (nSPS) is 17.3. The van der Waals surface area contributed by atoms with E-state index in [9.17, 15) is 14.4 Å². The van der Waals surface area contributed by atoms with Crippen LogP contribution in [0.5, 0.6) is 5.75 Å². The van der Waals surface area contributed by atoms with Gasteiger partial charge in [-0.2, -0.15) is 0 Å². The monoisotopic (exact) mass is 358 g/mol. The minimum Gasteiger partial charge on any atom is -0.482 e. The summed E-state index contributed by atoms with van der Waals surface area (Å²) >= 11 is 0. The fourth-order valence-electron chi connectivity index (χ4n) is 3.35. The van der Waals surface area contributed by atoms with Gasteiger partial charge in [-0.3, -0.25) is 9.59 Å². The summed E-state index contributed by atoms with van der Waals surface area (Å²) in [4.78, 5) is 35.9. The molecule has 1 saturated carbocycles. The van der Waals surface area contributed by atoms with Gasteiger partial charge in [-0.1, -0.05) is 0 Å². The Labute approximate surface area is 151 Å². The summed E-state index contributed by atoms with van der Waals surface area (Å²) in [7, 11) is 1.28. The van der Waals surface area contributed by atoms with E-state index in [2.05, 4.69) is 4.74 Å². The zero-order valence-corrected chi connectivity index (χ0v) is 15.2. The number of esters is 1. The average molecular weight is 358 g/mol. The van der Waals surface area contributed by atoms with Crippen LogP contribution in [0, 0.1) is 13.8 Å². The SMILES string of the molecule is COC(=O)Cc1c(C)c2ccc(O[C@@H]3CCCCC3=O)c(C)c2oc1=O. The van der Waals surface area contributed by atoms with Crippen LogP contribution in [0.15, 0.2) is 21.3 Å². The maximum absolute atomic E-state index is 12.3. The highest BCUT2D eigenvalue weighted by molar-refractivity contribution is 5.87. The third-order valence-electron chi connectivity index (χ3n) is 4.97. The van der Waals surface area contributed by atoms with Crippen LogP contribution < -0.4 is 10.4 Å². The fraction of sp³-hybridized carbons (Fsp3) is 0.450. The van der Waals surface area contributed by atoms with Gasteiger partial charge in [0.1, 0.15) is 11.3 Å². The molecule has 1 aliphatic rings. The number of rotatable bonds is 4. The topological polar surface area (TPSA) is 82.8 Å². The van der Waals surface area contributed by atoms with Crippen molar-refractivity contribution in [3.8, 4) is 5.75 Å². The van der Waals surface area contributed by atoms with Crippen molar-refractivity contribution in [1.82, 2.24) is 0 Å². The summed E-state index contributed by atoms with van der Waals surface area (Å²) in [6, 6.07) is 3.58. The summed E-state index contributed by atoms with van der Waals surface area (Å²) in [5.74, 6) is 0.162. The lowest BCUT2D eigenvalue weighted by molar-refractivity contribution is -0.139. The molecule has 0 unspecified atom stereocenters. The Bertz CT molecular complexity index is 924. The van der Waals surface area contributed by atoms with Gasteiger partial charge >= 0.3 is 11.6 Å². The van der Waals surface area contributed by atoms with Crippen LogP contribution in [0.4, 0.5) is 0 Å². The first-order chi connectivity index (χ1) is 12.4. The smallest absolute Gasteiger partial charge is 0.340 e. The van der Waals surface area contributed by atoms with Gasteiger partial charge < -0.3 is 13.9 Å². The molecule has 138 valence electrons. The van der Waals surface area contributed by atoms with Crippen LogP contribution in [-0.2, 0) is 20.7 Å². The van der Waals surface area contributed by atoms with Crippen molar-refractivity contribution >= 4 is 22.7 Å². The Morgan fingerprint density at radius 1 is 1.19 bits per heavy atom. The van der Waals surface area contributed by atoms with Crippen LogP contribution >= 0.6 is 0 Å². The summed E-state index contributed by atoms with van der Waals surface area (Å²) in [6.07, 6.45) is 2.56. The Morgan fingerprint density at radius 2 is 1.96 bits per heavy atom. The highest BCUT2D eigenvalue weighted by Gasteiger charge is 2.25. The Hall–Kier alpha value is -2.63. The molecule has 0 saturated heterocycles. The number of hydrogen-bond acceptors (Lipinski definition) is 6. The molecule has 1 heterocycles. The lowest BCUT2D eigenvalue weighted by Crippen LogP contribution is -2.30. The number of hydrogen-bond donors (Lipinski definition) is 0. The van der Waals surface area contributed by atoms with Gasteiger partial charge in [0.2, 0.25) is 0 Å². The summed E-state index contributed by atoms with van der Waals surface area (Å²) in [5, 5.41) is 0.739. The molecule has 1 fully saturated rings. The minimum absolute atomic E-state index is 0.113. The van der Waals surface area contributed by atoms with Crippen LogP contribution in [0.3, 0.4) is 0 Å². The molecule has 0 radical (unpaired) electrons. The van der Waals surface area contributed by atoms with E-state index in [4.69, 9.17) is 9.15 Å².